The number of nitrogens with one attached hydrogen (secondary N) is 1. The molecular weight excluding hydrogens is 261 g/mol. The van der Waals surface area contributed by atoms with Gasteiger partial charge in [0.25, 0.3) is 0 Å². The fourth-order valence-electron chi connectivity index (χ4n) is 1.76. The molecule has 2 rings (SSSR count). The smallest absolute Gasteiger partial charge is 0.0210 e. The first kappa shape index (κ1) is 12.0. The monoisotopic (exact) mass is 275 g/mol. The quantitative estimate of drug-likeness (QED) is 0.767. The third-order valence-electron chi connectivity index (χ3n) is 2.66. The Kier molecular flexibility index (Phi) is 4.42. The van der Waals surface area contributed by atoms with Crippen LogP contribution in [-0.2, 0) is 13.0 Å². The molecule has 0 radical (unpaired) electrons. The largest absolute Gasteiger partial charge is 0.310 e. The molecule has 1 atom stereocenters. The van der Waals surface area contributed by atoms with E-state index >= 15 is 0 Å². The van der Waals surface area contributed by atoms with E-state index in [2.05, 4.69) is 46.4 Å². The van der Waals surface area contributed by atoms with Gasteiger partial charge in [-0.3, -0.25) is 0 Å². The summed E-state index contributed by atoms with van der Waals surface area (Å²) in [5, 5.41) is 3.50. The van der Waals surface area contributed by atoms with Crippen molar-refractivity contribution in [2.45, 2.75) is 32.4 Å². The first-order chi connectivity index (χ1) is 6.25. The van der Waals surface area contributed by atoms with Crippen LogP contribution in [0, 0.1) is 0 Å². The fourth-order valence-corrected chi connectivity index (χ4v) is 2.17. The van der Waals surface area contributed by atoms with Gasteiger partial charge in [-0.2, -0.15) is 0 Å². The van der Waals surface area contributed by atoms with Crippen molar-refractivity contribution in [3.63, 3.8) is 0 Å². The molecular formula is C11H15BrClN. The van der Waals surface area contributed by atoms with Crippen LogP contribution in [0.15, 0.2) is 22.7 Å². The van der Waals surface area contributed by atoms with Crippen molar-refractivity contribution in [2.75, 3.05) is 0 Å². The molecule has 1 aromatic carbocycles. The van der Waals surface area contributed by atoms with Crippen LogP contribution in [0.25, 0.3) is 0 Å². The third kappa shape index (κ3) is 2.72. The topological polar surface area (TPSA) is 12.0 Å². The summed E-state index contributed by atoms with van der Waals surface area (Å²) in [4.78, 5) is 0. The molecule has 78 valence electrons. The summed E-state index contributed by atoms with van der Waals surface area (Å²) in [6.45, 7) is 3.27. The lowest BCUT2D eigenvalue weighted by atomic mass is 10.0. The lowest BCUT2D eigenvalue weighted by Crippen LogP contribution is -2.23. The van der Waals surface area contributed by atoms with Crippen molar-refractivity contribution < 1.29 is 0 Å². The SMILES string of the molecule is CC1CCc2cc(Br)ccc2CN1.Cl. The Morgan fingerprint density at radius 3 is 2.93 bits per heavy atom. The second-order valence-corrected chi connectivity index (χ2v) is 4.65. The summed E-state index contributed by atoms with van der Waals surface area (Å²) < 4.78 is 1.20. The Morgan fingerprint density at radius 2 is 2.14 bits per heavy atom. The van der Waals surface area contributed by atoms with E-state index in [4.69, 9.17) is 0 Å². The van der Waals surface area contributed by atoms with Crippen LogP contribution in [-0.4, -0.2) is 6.04 Å². The standard InChI is InChI=1S/C11H14BrN.ClH/c1-8-2-3-9-6-11(12)5-4-10(9)7-13-8;/h4-6,8,13H,2-3,7H2,1H3;1H. The zero-order valence-electron chi connectivity index (χ0n) is 8.22. The summed E-state index contributed by atoms with van der Waals surface area (Å²) in [5.41, 5.74) is 2.94. The highest BCUT2D eigenvalue weighted by atomic mass is 79.9. The minimum Gasteiger partial charge on any atom is -0.310 e. The third-order valence-corrected chi connectivity index (χ3v) is 3.15. The summed E-state index contributed by atoms with van der Waals surface area (Å²) in [5.74, 6) is 0. The van der Waals surface area contributed by atoms with Gasteiger partial charge in [-0.15, -0.1) is 12.4 Å². The Morgan fingerprint density at radius 1 is 1.36 bits per heavy atom. The van der Waals surface area contributed by atoms with E-state index in [0.29, 0.717) is 6.04 Å². The van der Waals surface area contributed by atoms with Gasteiger partial charge in [-0.1, -0.05) is 22.0 Å². The second-order valence-electron chi connectivity index (χ2n) is 3.73. The summed E-state index contributed by atoms with van der Waals surface area (Å²) in [7, 11) is 0. The van der Waals surface area contributed by atoms with Crippen LogP contribution >= 0.6 is 28.3 Å². The normalized spacial score (nSPS) is 20.6. The van der Waals surface area contributed by atoms with Crippen LogP contribution in [0.1, 0.15) is 24.5 Å². The maximum Gasteiger partial charge on any atom is 0.0210 e. The van der Waals surface area contributed by atoms with Crippen molar-refractivity contribution in [1.29, 1.82) is 0 Å². The minimum atomic E-state index is 0. The van der Waals surface area contributed by atoms with E-state index in [9.17, 15) is 0 Å². The van der Waals surface area contributed by atoms with E-state index in [1.165, 1.54) is 28.4 Å². The van der Waals surface area contributed by atoms with E-state index in [1.54, 1.807) is 0 Å². The molecule has 3 heteroatoms. The second kappa shape index (κ2) is 5.15. The van der Waals surface area contributed by atoms with Gasteiger partial charge in [0.05, 0.1) is 0 Å². The summed E-state index contributed by atoms with van der Waals surface area (Å²) >= 11 is 3.51. The van der Waals surface area contributed by atoms with Crippen LogP contribution in [0.2, 0.25) is 0 Å². The van der Waals surface area contributed by atoms with Crippen LogP contribution < -0.4 is 5.32 Å². The molecule has 0 spiro atoms. The Hall–Kier alpha value is -0.0500. The number of rotatable bonds is 0. The number of hydrogen-bond donors (Lipinski definition) is 1. The number of benzene rings is 1. The number of hydrogen-bond acceptors (Lipinski definition) is 1. The molecule has 0 saturated heterocycles. The van der Waals surface area contributed by atoms with Gasteiger partial charge in [-0.25, -0.2) is 0 Å². The summed E-state index contributed by atoms with van der Waals surface area (Å²) in [6.07, 6.45) is 2.44. The maximum atomic E-state index is 3.51. The molecule has 0 aliphatic carbocycles. The van der Waals surface area contributed by atoms with Crippen molar-refractivity contribution in [3.05, 3.63) is 33.8 Å². The highest BCUT2D eigenvalue weighted by Gasteiger charge is 2.11. The van der Waals surface area contributed by atoms with Gasteiger partial charge in [0.2, 0.25) is 0 Å². The molecule has 1 aliphatic rings. The van der Waals surface area contributed by atoms with E-state index in [0.717, 1.165) is 6.54 Å². The molecule has 0 aromatic heterocycles. The molecule has 0 fully saturated rings. The lowest BCUT2D eigenvalue weighted by Gasteiger charge is -2.07. The van der Waals surface area contributed by atoms with Crippen LogP contribution in [0.3, 0.4) is 0 Å². The maximum absolute atomic E-state index is 3.51. The van der Waals surface area contributed by atoms with Gasteiger partial charge in [0.1, 0.15) is 0 Å². The predicted molar refractivity (Wildman–Crippen MR) is 66.0 cm³/mol. The Bertz CT molecular complexity index is 314. The molecule has 1 aliphatic heterocycles. The number of halogens is 2. The highest BCUT2D eigenvalue weighted by molar-refractivity contribution is 9.10. The first-order valence-electron chi connectivity index (χ1n) is 4.76. The fraction of sp³-hybridized carbons (Fsp3) is 0.455. The molecule has 1 nitrogen and oxygen atoms in total. The Labute approximate surface area is 99.8 Å². The van der Waals surface area contributed by atoms with Crippen LogP contribution in [0.4, 0.5) is 0 Å². The van der Waals surface area contributed by atoms with E-state index in [1.807, 2.05) is 0 Å². The summed E-state index contributed by atoms with van der Waals surface area (Å²) in [6, 6.07) is 7.22. The number of aryl methyl sites for hydroxylation is 1. The first-order valence-corrected chi connectivity index (χ1v) is 5.55. The molecule has 1 heterocycles. The lowest BCUT2D eigenvalue weighted by molar-refractivity contribution is 0.534. The van der Waals surface area contributed by atoms with Crippen molar-refractivity contribution >= 4 is 28.3 Å². The molecule has 1 aromatic rings. The molecule has 0 amide bonds. The highest BCUT2D eigenvalue weighted by Crippen LogP contribution is 2.20. The average Bonchev–Trinajstić information content (AvgIpc) is 2.29. The molecule has 1 unspecified atom stereocenters. The number of fused-ring (bicyclic) bond motifs is 1. The van der Waals surface area contributed by atoms with Gasteiger partial charge in [0, 0.05) is 17.1 Å². The molecule has 1 N–H and O–H groups in total. The molecule has 0 bridgehead atoms. The molecule has 14 heavy (non-hydrogen) atoms. The van der Waals surface area contributed by atoms with Gasteiger partial charge < -0.3 is 5.32 Å². The van der Waals surface area contributed by atoms with E-state index in [-0.39, 0.29) is 12.4 Å². The van der Waals surface area contributed by atoms with Gasteiger partial charge in [-0.05, 0) is 43.0 Å². The van der Waals surface area contributed by atoms with Gasteiger partial charge >= 0.3 is 0 Å². The zero-order chi connectivity index (χ0) is 9.26. The van der Waals surface area contributed by atoms with Gasteiger partial charge in [0.15, 0.2) is 0 Å². The van der Waals surface area contributed by atoms with Crippen molar-refractivity contribution in [2.24, 2.45) is 0 Å². The van der Waals surface area contributed by atoms with Crippen molar-refractivity contribution in [1.82, 2.24) is 5.32 Å². The predicted octanol–water partition coefficient (Wildman–Crippen LogP) is 3.30. The van der Waals surface area contributed by atoms with Crippen LogP contribution in [0.5, 0.6) is 0 Å². The average molecular weight is 277 g/mol. The van der Waals surface area contributed by atoms with E-state index < -0.39 is 0 Å². The zero-order valence-corrected chi connectivity index (χ0v) is 10.6. The molecule has 0 saturated carbocycles. The Balaban J connectivity index is 0.000000980. The minimum absolute atomic E-state index is 0. The van der Waals surface area contributed by atoms with Crippen molar-refractivity contribution in [3.8, 4) is 0 Å².